The fourth-order valence-electron chi connectivity index (χ4n) is 5.29. The molecule has 0 aromatic heterocycles. The second kappa shape index (κ2) is 3.95. The van der Waals surface area contributed by atoms with Crippen LogP contribution >= 0.6 is 6.04 Å². The summed E-state index contributed by atoms with van der Waals surface area (Å²) in [5, 5.41) is 9.94. The molecular weight excluding hydrogens is 287 g/mol. The van der Waals surface area contributed by atoms with Crippen LogP contribution in [0.2, 0.25) is 0 Å². The van der Waals surface area contributed by atoms with Gasteiger partial charge in [-0.1, -0.05) is 49.1 Å². The van der Waals surface area contributed by atoms with Gasteiger partial charge in [-0.05, 0) is 24.7 Å². The average Bonchev–Trinajstić information content (AvgIpc) is 2.82. The van der Waals surface area contributed by atoms with E-state index in [0.29, 0.717) is 17.2 Å². The van der Waals surface area contributed by atoms with Crippen LogP contribution in [-0.4, -0.2) is 35.7 Å². The molecule has 0 saturated carbocycles. The minimum atomic E-state index is -1.64. The van der Waals surface area contributed by atoms with E-state index in [-0.39, 0.29) is 17.6 Å². The Morgan fingerprint density at radius 1 is 1.35 bits per heavy atom. The lowest BCUT2D eigenvalue weighted by Gasteiger charge is -2.45. The van der Waals surface area contributed by atoms with E-state index in [9.17, 15) is 5.11 Å². The maximum atomic E-state index is 9.94. The van der Waals surface area contributed by atoms with Crippen LogP contribution in [0.15, 0.2) is 30.3 Å². The molecule has 3 heterocycles. The summed E-state index contributed by atoms with van der Waals surface area (Å²) in [6, 6.07) is 8.99. The van der Waals surface area contributed by atoms with Crippen molar-refractivity contribution < 1.29 is 9.84 Å². The van der Waals surface area contributed by atoms with Crippen LogP contribution in [0.3, 0.4) is 0 Å². The minimum absolute atomic E-state index is 0.139. The monoisotopic (exact) mass is 308 g/mol. The quantitative estimate of drug-likeness (QED) is 0.852. The lowest BCUT2D eigenvalue weighted by atomic mass is 9.66. The van der Waals surface area contributed by atoms with Crippen molar-refractivity contribution in [2.75, 3.05) is 19.4 Å². The standard InChI is InChI=1S/C16H21O2PS/c1-15-10-19(20)13(8-17)12(15)9-18-16(15,2)14(19)11-6-4-3-5-7-11/h3-7,12-14,17H,8-10H2,1-2H3/t12-,13+,14-,15+,16+,19+/m1/s1. The SMILES string of the molecule is C[C@@]12C[P@@]3(=S)[C@H](c4ccccc4)[C@]1(C)OC[C@@H]2[C@@H]3CO. The van der Waals surface area contributed by atoms with E-state index in [1.54, 1.807) is 0 Å². The zero-order valence-corrected chi connectivity index (χ0v) is 13.7. The van der Waals surface area contributed by atoms with E-state index in [4.69, 9.17) is 16.5 Å². The molecule has 2 nitrogen and oxygen atoms in total. The van der Waals surface area contributed by atoms with Gasteiger partial charge in [-0.25, -0.2) is 0 Å². The molecule has 4 heteroatoms. The van der Waals surface area contributed by atoms with Crippen molar-refractivity contribution in [2.45, 2.75) is 30.8 Å². The van der Waals surface area contributed by atoms with Gasteiger partial charge >= 0.3 is 0 Å². The van der Waals surface area contributed by atoms with E-state index < -0.39 is 6.04 Å². The zero-order chi connectivity index (χ0) is 14.2. The van der Waals surface area contributed by atoms with Crippen LogP contribution < -0.4 is 0 Å². The summed E-state index contributed by atoms with van der Waals surface area (Å²) in [4.78, 5) is 0. The largest absolute Gasteiger partial charge is 0.396 e. The molecule has 0 amide bonds. The first kappa shape index (κ1) is 13.5. The number of aliphatic hydroxyl groups is 1. The molecule has 0 radical (unpaired) electrons. The molecule has 0 unspecified atom stereocenters. The number of hydrogen-bond acceptors (Lipinski definition) is 3. The molecule has 1 aromatic carbocycles. The molecule has 3 aliphatic rings. The van der Waals surface area contributed by atoms with Crippen molar-refractivity contribution in [1.82, 2.24) is 0 Å². The number of benzene rings is 1. The van der Waals surface area contributed by atoms with Crippen molar-refractivity contribution in [1.29, 1.82) is 0 Å². The second-order valence-corrected chi connectivity index (χ2v) is 12.3. The first-order valence-electron chi connectivity index (χ1n) is 7.35. The third kappa shape index (κ3) is 1.27. The zero-order valence-electron chi connectivity index (χ0n) is 12.0. The second-order valence-electron chi connectivity index (χ2n) is 7.02. The Morgan fingerprint density at radius 3 is 2.70 bits per heavy atom. The number of fused-ring (bicyclic) bond motifs is 1. The number of rotatable bonds is 2. The summed E-state index contributed by atoms with van der Waals surface area (Å²) < 4.78 is 6.34. The van der Waals surface area contributed by atoms with Gasteiger partial charge < -0.3 is 9.84 Å². The molecular formula is C16H21O2PS. The lowest BCUT2D eigenvalue weighted by Crippen LogP contribution is -2.47. The molecule has 6 atom stereocenters. The van der Waals surface area contributed by atoms with Gasteiger partial charge in [-0.15, -0.1) is 0 Å². The van der Waals surface area contributed by atoms with E-state index in [0.717, 1.165) is 12.8 Å². The van der Waals surface area contributed by atoms with Crippen LogP contribution in [0.1, 0.15) is 25.1 Å². The van der Waals surface area contributed by atoms with Crippen molar-refractivity contribution in [3.8, 4) is 0 Å². The van der Waals surface area contributed by atoms with Crippen LogP contribution in [0.4, 0.5) is 0 Å². The highest BCUT2D eigenvalue weighted by molar-refractivity contribution is 8.15. The molecule has 3 saturated heterocycles. The third-order valence-corrected chi connectivity index (χ3v) is 12.7. The highest BCUT2D eigenvalue weighted by Gasteiger charge is 2.77. The molecule has 1 aromatic rings. The van der Waals surface area contributed by atoms with Gasteiger partial charge in [0.25, 0.3) is 0 Å². The van der Waals surface area contributed by atoms with Crippen molar-refractivity contribution in [3.63, 3.8) is 0 Å². The Balaban J connectivity index is 1.94. The van der Waals surface area contributed by atoms with Crippen LogP contribution in [-0.2, 0) is 16.5 Å². The lowest BCUT2D eigenvalue weighted by molar-refractivity contribution is -0.0301. The molecule has 1 N–H and O–H groups in total. The van der Waals surface area contributed by atoms with Crippen LogP contribution in [0.5, 0.6) is 0 Å². The molecule has 0 aliphatic carbocycles. The third-order valence-electron chi connectivity index (χ3n) is 6.38. The number of hydrogen-bond donors (Lipinski definition) is 1. The van der Waals surface area contributed by atoms with Gasteiger partial charge in [0.1, 0.15) is 0 Å². The highest BCUT2D eigenvalue weighted by Crippen LogP contribution is 2.87. The summed E-state index contributed by atoms with van der Waals surface area (Å²) in [5.74, 6) is 0.461. The molecule has 20 heavy (non-hydrogen) atoms. The highest BCUT2D eigenvalue weighted by atomic mass is 32.4. The Hall–Kier alpha value is -0.210. The van der Waals surface area contributed by atoms with Gasteiger partial charge in [-0.3, -0.25) is 0 Å². The van der Waals surface area contributed by atoms with E-state index in [1.165, 1.54) is 5.56 Å². The smallest absolute Gasteiger partial charge is 0.0830 e. The Labute approximate surface area is 125 Å². The fourth-order valence-corrected chi connectivity index (χ4v) is 13.3. The topological polar surface area (TPSA) is 29.5 Å². The molecule has 4 rings (SSSR count). The Morgan fingerprint density at radius 2 is 2.05 bits per heavy atom. The molecule has 3 fully saturated rings. The van der Waals surface area contributed by atoms with Crippen molar-refractivity contribution in [3.05, 3.63) is 35.9 Å². The maximum absolute atomic E-state index is 9.94. The summed E-state index contributed by atoms with van der Waals surface area (Å²) in [7, 11) is 0. The molecule has 0 spiro atoms. The van der Waals surface area contributed by atoms with Crippen LogP contribution in [0, 0.1) is 11.3 Å². The summed E-state index contributed by atoms with van der Waals surface area (Å²) in [6.07, 6.45) is 1.10. The molecule has 2 bridgehead atoms. The van der Waals surface area contributed by atoms with Crippen molar-refractivity contribution in [2.24, 2.45) is 11.3 Å². The Kier molecular flexibility index (Phi) is 2.66. The van der Waals surface area contributed by atoms with Gasteiger partial charge in [0.15, 0.2) is 0 Å². The Bertz CT molecular complexity index is 604. The van der Waals surface area contributed by atoms with E-state index in [1.807, 2.05) is 0 Å². The fraction of sp³-hybridized carbons (Fsp3) is 0.625. The van der Waals surface area contributed by atoms with E-state index >= 15 is 0 Å². The maximum Gasteiger partial charge on any atom is 0.0830 e. The van der Waals surface area contributed by atoms with Gasteiger partial charge in [-0.2, -0.15) is 0 Å². The summed E-state index contributed by atoms with van der Waals surface area (Å²) in [5.41, 5.74) is 1.94. The summed E-state index contributed by atoms with van der Waals surface area (Å²) in [6.45, 7) is 5.64. The van der Waals surface area contributed by atoms with E-state index in [2.05, 4.69) is 44.2 Å². The first-order valence-corrected chi connectivity index (χ1v) is 10.5. The molecule has 108 valence electrons. The van der Waals surface area contributed by atoms with Crippen LogP contribution in [0.25, 0.3) is 0 Å². The predicted octanol–water partition coefficient (Wildman–Crippen LogP) is 3.01. The first-order chi connectivity index (χ1) is 9.47. The number of aliphatic hydroxyl groups excluding tert-OH is 1. The summed E-state index contributed by atoms with van der Waals surface area (Å²) >= 11 is 6.24. The minimum Gasteiger partial charge on any atom is -0.396 e. The number of ether oxygens (including phenoxy) is 1. The van der Waals surface area contributed by atoms with Gasteiger partial charge in [0, 0.05) is 22.7 Å². The van der Waals surface area contributed by atoms with Gasteiger partial charge in [0.2, 0.25) is 0 Å². The van der Waals surface area contributed by atoms with Crippen molar-refractivity contribution >= 4 is 17.8 Å². The predicted molar refractivity (Wildman–Crippen MR) is 85.2 cm³/mol. The molecule has 3 aliphatic heterocycles. The average molecular weight is 308 g/mol. The van der Waals surface area contributed by atoms with Gasteiger partial charge in [0.05, 0.1) is 18.8 Å². The normalized spacial score (nSPS) is 52.6.